The second-order valence-corrected chi connectivity index (χ2v) is 5.94. The van der Waals surface area contributed by atoms with Crippen LogP contribution in [0.4, 0.5) is 0 Å². The Kier molecular flexibility index (Phi) is 7.33. The summed E-state index contributed by atoms with van der Waals surface area (Å²) in [5.41, 5.74) is 1.86. The fourth-order valence-corrected chi connectivity index (χ4v) is 1.61. The van der Waals surface area contributed by atoms with E-state index in [1.165, 1.54) is 12.8 Å². The summed E-state index contributed by atoms with van der Waals surface area (Å²) in [4.78, 5) is 4.12. The van der Waals surface area contributed by atoms with Gasteiger partial charge in [0.1, 0.15) is 0 Å². The van der Waals surface area contributed by atoms with Crippen molar-refractivity contribution in [2.45, 2.75) is 53.0 Å². The van der Waals surface area contributed by atoms with Crippen LogP contribution in [0.3, 0.4) is 0 Å². The van der Waals surface area contributed by atoms with E-state index in [4.69, 9.17) is 0 Å². The van der Waals surface area contributed by atoms with Gasteiger partial charge in [-0.2, -0.15) is 0 Å². The zero-order chi connectivity index (χ0) is 14.2. The second-order valence-electron chi connectivity index (χ2n) is 5.94. The van der Waals surface area contributed by atoms with Crippen LogP contribution in [0.2, 0.25) is 0 Å². The average Bonchev–Trinajstić information content (AvgIpc) is 2.23. The maximum absolute atomic E-state index is 4.12. The van der Waals surface area contributed by atoms with Crippen molar-refractivity contribution in [3.63, 3.8) is 0 Å². The van der Waals surface area contributed by atoms with Crippen LogP contribution >= 0.6 is 0 Å². The van der Waals surface area contributed by atoms with Gasteiger partial charge >= 0.3 is 0 Å². The van der Waals surface area contributed by atoms with E-state index < -0.39 is 0 Å². The Balaban J connectivity index is 3.97. The molecule has 0 aliphatic heterocycles. The molecule has 18 heavy (non-hydrogen) atoms. The molecule has 0 aromatic heterocycles. The molecule has 0 fully saturated rings. The number of allylic oxidation sites excluding steroid dienone is 1. The predicted molar refractivity (Wildman–Crippen MR) is 82.9 cm³/mol. The maximum atomic E-state index is 4.12. The minimum Gasteiger partial charge on any atom is -0.381 e. The molecule has 0 radical (unpaired) electrons. The summed E-state index contributed by atoms with van der Waals surface area (Å²) in [6.45, 7) is 20.4. The van der Waals surface area contributed by atoms with Gasteiger partial charge in [0.2, 0.25) is 0 Å². The summed E-state index contributed by atoms with van der Waals surface area (Å²) in [5, 5.41) is 3.33. The van der Waals surface area contributed by atoms with Crippen LogP contribution in [-0.2, 0) is 0 Å². The molecule has 0 aromatic rings. The van der Waals surface area contributed by atoms with Gasteiger partial charge in [-0.05, 0) is 25.2 Å². The third-order valence-corrected chi connectivity index (χ3v) is 2.67. The Morgan fingerprint density at radius 3 is 2.44 bits per heavy atom. The summed E-state index contributed by atoms with van der Waals surface area (Å²) in [6.07, 6.45) is 6.84. The summed E-state index contributed by atoms with van der Waals surface area (Å²) >= 11 is 0. The van der Waals surface area contributed by atoms with Gasteiger partial charge in [0.25, 0.3) is 0 Å². The Hall–Kier alpha value is -1.31. The van der Waals surface area contributed by atoms with Crippen LogP contribution in [0.25, 0.3) is 0 Å². The largest absolute Gasteiger partial charge is 0.381 e. The lowest BCUT2D eigenvalue weighted by Crippen LogP contribution is -2.25. The van der Waals surface area contributed by atoms with Gasteiger partial charge in [-0.15, -0.1) is 0 Å². The molecule has 0 rings (SSSR count). The van der Waals surface area contributed by atoms with Gasteiger partial charge in [-0.1, -0.05) is 53.0 Å². The predicted octanol–water partition coefficient (Wildman–Crippen LogP) is 4.47. The zero-order valence-electron chi connectivity index (χ0n) is 12.4. The SMILES string of the molecule is C=CC=NC(=C)C(=C)NC(C)CCCC(C)(C)C. The van der Waals surface area contributed by atoms with Gasteiger partial charge in [-0.25, -0.2) is 0 Å². The Labute approximate surface area is 113 Å². The summed E-state index contributed by atoms with van der Waals surface area (Å²) < 4.78 is 0. The lowest BCUT2D eigenvalue weighted by Gasteiger charge is -2.21. The van der Waals surface area contributed by atoms with Crippen LogP contribution in [-0.4, -0.2) is 12.3 Å². The standard InChI is InChI=1S/C16H28N2/c1-8-12-17-14(3)15(4)18-13(2)10-9-11-16(5,6)7/h8,12-13,18H,1,3-4,9-11H2,2,5-7H3. The molecule has 0 saturated heterocycles. The number of aliphatic imine (C=N–C) groups is 1. The fourth-order valence-electron chi connectivity index (χ4n) is 1.61. The number of nitrogens with zero attached hydrogens (tertiary/aromatic N) is 1. The highest BCUT2D eigenvalue weighted by Crippen LogP contribution is 2.22. The molecule has 0 aliphatic carbocycles. The second kappa shape index (κ2) is 7.91. The minimum atomic E-state index is 0.399. The van der Waals surface area contributed by atoms with Crippen molar-refractivity contribution in [1.29, 1.82) is 0 Å². The number of rotatable bonds is 8. The first-order valence-corrected chi connectivity index (χ1v) is 6.56. The maximum Gasteiger partial charge on any atom is 0.0783 e. The molecule has 0 aliphatic rings. The Morgan fingerprint density at radius 1 is 1.33 bits per heavy atom. The van der Waals surface area contributed by atoms with Crippen LogP contribution in [0.5, 0.6) is 0 Å². The number of nitrogens with one attached hydrogen (secondary N) is 1. The zero-order valence-corrected chi connectivity index (χ0v) is 12.4. The van der Waals surface area contributed by atoms with E-state index in [2.05, 4.69) is 57.7 Å². The topological polar surface area (TPSA) is 24.4 Å². The Morgan fingerprint density at radius 2 is 1.94 bits per heavy atom. The fraction of sp³-hybridized carbons (Fsp3) is 0.562. The third kappa shape index (κ3) is 8.80. The van der Waals surface area contributed by atoms with E-state index in [1.54, 1.807) is 12.3 Å². The molecular weight excluding hydrogens is 220 g/mol. The molecule has 1 atom stereocenters. The molecule has 1 unspecified atom stereocenters. The van der Waals surface area contributed by atoms with E-state index in [0.29, 0.717) is 17.2 Å². The summed E-state index contributed by atoms with van der Waals surface area (Å²) in [5.74, 6) is 0. The van der Waals surface area contributed by atoms with E-state index in [9.17, 15) is 0 Å². The summed E-state index contributed by atoms with van der Waals surface area (Å²) in [7, 11) is 0. The van der Waals surface area contributed by atoms with Gasteiger partial charge < -0.3 is 5.32 Å². The van der Waals surface area contributed by atoms with E-state index in [0.717, 1.165) is 12.1 Å². The lowest BCUT2D eigenvalue weighted by atomic mass is 9.89. The first-order chi connectivity index (χ1) is 8.26. The molecule has 0 aromatic carbocycles. The first kappa shape index (κ1) is 16.7. The number of hydrogen-bond donors (Lipinski definition) is 1. The third-order valence-electron chi connectivity index (χ3n) is 2.67. The molecule has 0 saturated carbocycles. The highest BCUT2D eigenvalue weighted by atomic mass is 15.0. The van der Waals surface area contributed by atoms with E-state index in [-0.39, 0.29) is 0 Å². The smallest absolute Gasteiger partial charge is 0.0783 e. The van der Waals surface area contributed by atoms with Crippen molar-refractivity contribution in [3.05, 3.63) is 37.2 Å². The van der Waals surface area contributed by atoms with Crippen LogP contribution in [0.15, 0.2) is 42.2 Å². The van der Waals surface area contributed by atoms with Crippen molar-refractivity contribution < 1.29 is 0 Å². The minimum absolute atomic E-state index is 0.399. The van der Waals surface area contributed by atoms with E-state index >= 15 is 0 Å². The Bertz CT molecular complexity index is 318. The molecule has 0 bridgehead atoms. The highest BCUT2D eigenvalue weighted by molar-refractivity contribution is 5.71. The molecule has 0 heterocycles. The van der Waals surface area contributed by atoms with Gasteiger partial charge in [0, 0.05) is 12.3 Å². The average molecular weight is 248 g/mol. The van der Waals surface area contributed by atoms with Gasteiger partial charge in [-0.3, -0.25) is 4.99 Å². The van der Waals surface area contributed by atoms with Gasteiger partial charge in [0.05, 0.1) is 11.4 Å². The van der Waals surface area contributed by atoms with Crippen LogP contribution < -0.4 is 5.32 Å². The summed E-state index contributed by atoms with van der Waals surface area (Å²) in [6, 6.07) is 0.399. The van der Waals surface area contributed by atoms with Crippen LogP contribution in [0, 0.1) is 5.41 Å². The molecule has 102 valence electrons. The molecule has 2 heteroatoms. The van der Waals surface area contributed by atoms with Crippen molar-refractivity contribution >= 4 is 6.21 Å². The normalized spacial score (nSPS) is 13.3. The molecule has 0 spiro atoms. The molecular formula is C16H28N2. The molecule has 2 nitrogen and oxygen atoms in total. The van der Waals surface area contributed by atoms with Crippen LogP contribution in [0.1, 0.15) is 47.0 Å². The van der Waals surface area contributed by atoms with Crippen molar-refractivity contribution in [3.8, 4) is 0 Å². The van der Waals surface area contributed by atoms with Crippen molar-refractivity contribution in [1.82, 2.24) is 5.32 Å². The lowest BCUT2D eigenvalue weighted by molar-refractivity contribution is 0.350. The molecule has 1 N–H and O–H groups in total. The van der Waals surface area contributed by atoms with E-state index in [1.807, 2.05) is 0 Å². The first-order valence-electron chi connectivity index (χ1n) is 6.56. The van der Waals surface area contributed by atoms with Gasteiger partial charge in [0.15, 0.2) is 0 Å². The molecule has 0 amide bonds. The quantitative estimate of drug-likeness (QED) is 0.497. The monoisotopic (exact) mass is 248 g/mol. The number of hydrogen-bond acceptors (Lipinski definition) is 2. The van der Waals surface area contributed by atoms with Crippen molar-refractivity contribution in [2.75, 3.05) is 0 Å². The van der Waals surface area contributed by atoms with Crippen molar-refractivity contribution in [2.24, 2.45) is 10.4 Å². The highest BCUT2D eigenvalue weighted by Gasteiger charge is 2.11.